The first kappa shape index (κ1) is 19.7. The summed E-state index contributed by atoms with van der Waals surface area (Å²) >= 11 is 0. The number of H-pyrrole nitrogens is 1. The Kier molecular flexibility index (Phi) is 4.96. The SMILES string of the molecule is C=CC(=O)N1CCN(c2ncnc3c2CCC(c2c(C)c(C)cc4[nH]cnc24)C3)CC1. The third-order valence-electron chi connectivity index (χ3n) is 6.95. The smallest absolute Gasteiger partial charge is 0.246 e. The number of piperazine rings is 1. The van der Waals surface area contributed by atoms with Gasteiger partial charge in [-0.15, -0.1) is 0 Å². The number of hydrogen-bond donors (Lipinski definition) is 1. The Hall–Kier alpha value is -3.22. The van der Waals surface area contributed by atoms with Crippen LogP contribution in [0.1, 0.15) is 40.3 Å². The number of amides is 1. The average Bonchev–Trinajstić information content (AvgIpc) is 3.26. The first-order valence-corrected chi connectivity index (χ1v) is 11.0. The third-order valence-corrected chi connectivity index (χ3v) is 6.95. The summed E-state index contributed by atoms with van der Waals surface area (Å²) in [6.07, 6.45) is 7.82. The minimum Gasteiger partial charge on any atom is -0.353 e. The molecule has 0 bridgehead atoms. The molecule has 1 amide bonds. The maximum absolute atomic E-state index is 11.9. The molecule has 1 aliphatic heterocycles. The number of benzene rings is 1. The molecule has 0 saturated carbocycles. The average molecular weight is 417 g/mol. The number of aryl methyl sites for hydroxylation is 1. The van der Waals surface area contributed by atoms with Gasteiger partial charge in [-0.2, -0.15) is 0 Å². The minimum atomic E-state index is 0.00501. The van der Waals surface area contributed by atoms with Crippen LogP contribution in [-0.4, -0.2) is 56.9 Å². The fourth-order valence-electron chi connectivity index (χ4n) is 5.15. The quantitative estimate of drug-likeness (QED) is 0.664. The molecule has 1 unspecified atom stereocenters. The third kappa shape index (κ3) is 3.38. The van der Waals surface area contributed by atoms with Gasteiger partial charge in [0.15, 0.2) is 0 Å². The first-order valence-electron chi connectivity index (χ1n) is 11.0. The van der Waals surface area contributed by atoms with Gasteiger partial charge in [-0.25, -0.2) is 15.0 Å². The molecule has 5 rings (SSSR count). The fourth-order valence-corrected chi connectivity index (χ4v) is 5.15. The lowest BCUT2D eigenvalue weighted by molar-refractivity contribution is -0.126. The number of hydrogen-bond acceptors (Lipinski definition) is 5. The normalized spacial score (nSPS) is 18.8. The van der Waals surface area contributed by atoms with Crippen LogP contribution in [0.25, 0.3) is 11.0 Å². The molecule has 31 heavy (non-hydrogen) atoms. The van der Waals surface area contributed by atoms with E-state index >= 15 is 0 Å². The number of carbonyl (C=O) groups is 1. The predicted octanol–water partition coefficient (Wildman–Crippen LogP) is 3.08. The van der Waals surface area contributed by atoms with Gasteiger partial charge in [0.25, 0.3) is 0 Å². The number of rotatable bonds is 3. The van der Waals surface area contributed by atoms with Crippen LogP contribution in [-0.2, 0) is 17.6 Å². The lowest BCUT2D eigenvalue weighted by Gasteiger charge is -2.37. The summed E-state index contributed by atoms with van der Waals surface area (Å²) < 4.78 is 0. The van der Waals surface area contributed by atoms with Crippen LogP contribution in [0.2, 0.25) is 0 Å². The number of nitrogens with zero attached hydrogens (tertiary/aromatic N) is 5. The van der Waals surface area contributed by atoms with Crippen molar-refractivity contribution >= 4 is 22.8 Å². The van der Waals surface area contributed by atoms with Crippen molar-refractivity contribution in [3.05, 3.63) is 59.3 Å². The van der Waals surface area contributed by atoms with Crippen LogP contribution in [0.5, 0.6) is 0 Å². The van der Waals surface area contributed by atoms with Crippen molar-refractivity contribution in [3.8, 4) is 0 Å². The number of aromatic amines is 1. The van der Waals surface area contributed by atoms with E-state index in [2.05, 4.69) is 51.3 Å². The van der Waals surface area contributed by atoms with E-state index in [0.717, 1.165) is 54.9 Å². The predicted molar refractivity (Wildman–Crippen MR) is 121 cm³/mol. The fraction of sp³-hybridized carbons (Fsp3) is 0.417. The summed E-state index contributed by atoms with van der Waals surface area (Å²) in [4.78, 5) is 33.3. The number of anilines is 1. The Morgan fingerprint density at radius 1 is 1.19 bits per heavy atom. The minimum absolute atomic E-state index is 0.00501. The van der Waals surface area contributed by atoms with Gasteiger partial charge >= 0.3 is 0 Å². The van der Waals surface area contributed by atoms with Crippen molar-refractivity contribution in [3.63, 3.8) is 0 Å². The van der Waals surface area contributed by atoms with Gasteiger partial charge in [0.1, 0.15) is 12.1 Å². The molecule has 1 atom stereocenters. The summed E-state index contributed by atoms with van der Waals surface area (Å²) in [5, 5.41) is 0. The Balaban J connectivity index is 1.42. The van der Waals surface area contributed by atoms with Crippen molar-refractivity contribution in [2.45, 2.75) is 39.0 Å². The molecule has 1 fully saturated rings. The molecule has 0 spiro atoms. The van der Waals surface area contributed by atoms with Gasteiger partial charge in [-0.3, -0.25) is 4.79 Å². The molecule has 0 radical (unpaired) electrons. The maximum atomic E-state index is 11.9. The molecular weight excluding hydrogens is 388 g/mol. The van der Waals surface area contributed by atoms with Crippen LogP contribution in [0.15, 0.2) is 31.4 Å². The first-order chi connectivity index (χ1) is 15.1. The van der Waals surface area contributed by atoms with Crippen molar-refractivity contribution in [2.24, 2.45) is 0 Å². The second-order valence-electron chi connectivity index (χ2n) is 8.61. The number of fused-ring (bicyclic) bond motifs is 2. The van der Waals surface area contributed by atoms with Crippen molar-refractivity contribution in [2.75, 3.05) is 31.1 Å². The largest absolute Gasteiger partial charge is 0.353 e. The van der Waals surface area contributed by atoms with Crippen LogP contribution >= 0.6 is 0 Å². The number of nitrogens with one attached hydrogen (secondary N) is 1. The van der Waals surface area contributed by atoms with Gasteiger partial charge in [-0.1, -0.05) is 6.58 Å². The lowest BCUT2D eigenvalue weighted by atomic mass is 9.79. The second kappa shape index (κ2) is 7.80. The maximum Gasteiger partial charge on any atom is 0.246 e. The molecule has 1 N–H and O–H groups in total. The molecule has 7 nitrogen and oxygen atoms in total. The molecule has 7 heteroatoms. The van der Waals surface area contributed by atoms with Gasteiger partial charge < -0.3 is 14.8 Å². The Bertz CT molecular complexity index is 1160. The lowest BCUT2D eigenvalue weighted by Crippen LogP contribution is -2.49. The van der Waals surface area contributed by atoms with E-state index in [1.54, 1.807) is 12.7 Å². The van der Waals surface area contributed by atoms with Crippen molar-refractivity contribution in [1.29, 1.82) is 0 Å². The zero-order chi connectivity index (χ0) is 21.5. The van der Waals surface area contributed by atoms with Crippen LogP contribution in [0.3, 0.4) is 0 Å². The van der Waals surface area contributed by atoms with Crippen LogP contribution < -0.4 is 4.90 Å². The summed E-state index contributed by atoms with van der Waals surface area (Å²) in [5.41, 5.74) is 8.62. The Morgan fingerprint density at radius 2 is 2.00 bits per heavy atom. The molecule has 3 aromatic rings. The van der Waals surface area contributed by atoms with Crippen molar-refractivity contribution < 1.29 is 4.79 Å². The van der Waals surface area contributed by atoms with Gasteiger partial charge in [0.05, 0.1) is 17.4 Å². The second-order valence-corrected chi connectivity index (χ2v) is 8.61. The molecular formula is C24H28N6O. The Morgan fingerprint density at radius 3 is 2.77 bits per heavy atom. The standard InChI is InChI=1S/C24H28N6O/c1-4-21(31)29-7-9-30(10-8-29)24-18-6-5-17(12-19(18)25-14-28-24)22-16(3)15(2)11-20-23(22)27-13-26-20/h4,11,13-14,17H,1,5-10,12H2,2-3H3,(H,26,27). The van der Waals surface area contributed by atoms with E-state index in [9.17, 15) is 4.79 Å². The van der Waals surface area contributed by atoms with Crippen LogP contribution in [0.4, 0.5) is 5.82 Å². The zero-order valence-corrected chi connectivity index (χ0v) is 18.2. The van der Waals surface area contributed by atoms with E-state index in [-0.39, 0.29) is 5.91 Å². The molecule has 2 aromatic heterocycles. The van der Waals surface area contributed by atoms with Gasteiger partial charge in [0, 0.05) is 37.4 Å². The number of imidazole rings is 1. The number of carbonyl (C=O) groups excluding carboxylic acids is 1. The number of aromatic nitrogens is 4. The molecule has 160 valence electrons. The highest BCUT2D eigenvalue weighted by Crippen LogP contribution is 2.39. The highest BCUT2D eigenvalue weighted by atomic mass is 16.2. The molecule has 1 aromatic carbocycles. The highest BCUT2D eigenvalue weighted by Gasteiger charge is 2.30. The molecule has 3 heterocycles. The van der Waals surface area contributed by atoms with Crippen molar-refractivity contribution in [1.82, 2.24) is 24.8 Å². The highest BCUT2D eigenvalue weighted by molar-refractivity contribution is 5.87. The van der Waals surface area contributed by atoms with E-state index in [1.807, 2.05) is 4.90 Å². The molecule has 1 aliphatic carbocycles. The topological polar surface area (TPSA) is 78.0 Å². The van der Waals surface area contributed by atoms with E-state index in [0.29, 0.717) is 19.0 Å². The van der Waals surface area contributed by atoms with Gasteiger partial charge in [0.2, 0.25) is 5.91 Å². The molecule has 2 aliphatic rings. The molecule has 1 saturated heterocycles. The summed E-state index contributed by atoms with van der Waals surface area (Å²) in [6.45, 7) is 11.0. The van der Waals surface area contributed by atoms with Gasteiger partial charge in [-0.05, 0) is 67.9 Å². The van der Waals surface area contributed by atoms with E-state index in [4.69, 9.17) is 0 Å². The summed E-state index contributed by atoms with van der Waals surface area (Å²) in [7, 11) is 0. The summed E-state index contributed by atoms with van der Waals surface area (Å²) in [5.74, 6) is 1.45. The monoisotopic (exact) mass is 416 g/mol. The summed E-state index contributed by atoms with van der Waals surface area (Å²) in [6, 6.07) is 2.19. The van der Waals surface area contributed by atoms with Crippen LogP contribution in [0, 0.1) is 13.8 Å². The zero-order valence-electron chi connectivity index (χ0n) is 18.2. The Labute approximate surface area is 182 Å². The van der Waals surface area contributed by atoms with E-state index in [1.165, 1.54) is 28.3 Å². The van der Waals surface area contributed by atoms with E-state index < -0.39 is 0 Å².